The number of sulfonamides is 1. The lowest BCUT2D eigenvalue weighted by molar-refractivity contribution is -0.128. The average Bonchev–Trinajstić information content (AvgIpc) is 2.34. The summed E-state index contributed by atoms with van der Waals surface area (Å²) in [5.74, 6) is 4.28. The first-order valence-corrected chi connectivity index (χ1v) is 7.97. The number of nitrogens with two attached hydrogens (primary N) is 1. The van der Waals surface area contributed by atoms with Crippen LogP contribution in [-0.2, 0) is 14.8 Å². The van der Waals surface area contributed by atoms with E-state index < -0.39 is 21.8 Å². The van der Waals surface area contributed by atoms with Gasteiger partial charge in [-0.1, -0.05) is 43.2 Å². The number of hydrogen-bond acceptors (Lipinski definition) is 4. The first-order chi connectivity index (χ1) is 8.77. The highest BCUT2D eigenvalue weighted by Crippen LogP contribution is 2.24. The molecule has 1 aromatic rings. The summed E-state index contributed by atoms with van der Waals surface area (Å²) in [6.45, 7) is 3.89. The number of amides is 1. The van der Waals surface area contributed by atoms with E-state index in [4.69, 9.17) is 5.84 Å². The molecule has 1 amide bonds. The van der Waals surface area contributed by atoms with Gasteiger partial charge in [0.15, 0.2) is 0 Å². The Kier molecular flexibility index (Phi) is 5.08. The lowest BCUT2D eigenvalue weighted by Crippen LogP contribution is -2.44. The Hall–Kier alpha value is -1.40. The quantitative estimate of drug-likeness (QED) is 0.505. The molecule has 1 atom stereocenters. The molecule has 5 nitrogen and oxygen atoms in total. The fraction of sp³-hybridized carbons (Fsp3) is 0.462. The van der Waals surface area contributed by atoms with Gasteiger partial charge in [-0.3, -0.25) is 4.79 Å². The first-order valence-electron chi connectivity index (χ1n) is 6.12. The molecule has 1 unspecified atom stereocenters. The van der Waals surface area contributed by atoms with E-state index in [0.717, 1.165) is 23.8 Å². The van der Waals surface area contributed by atoms with Crippen LogP contribution >= 0.6 is 0 Å². The van der Waals surface area contributed by atoms with Crippen molar-refractivity contribution in [3.05, 3.63) is 35.4 Å². The Balaban J connectivity index is 3.07. The third-order valence-corrected chi connectivity index (χ3v) is 3.82. The van der Waals surface area contributed by atoms with Crippen molar-refractivity contribution in [2.24, 2.45) is 5.84 Å². The molecule has 19 heavy (non-hydrogen) atoms. The number of hydrazine groups is 1. The maximum Gasteiger partial charge on any atom is 0.258 e. The molecule has 0 aliphatic rings. The largest absolute Gasteiger partial charge is 0.272 e. The predicted molar refractivity (Wildman–Crippen MR) is 74.7 cm³/mol. The smallest absolute Gasteiger partial charge is 0.258 e. The second-order valence-corrected chi connectivity index (χ2v) is 6.51. The monoisotopic (exact) mass is 284 g/mol. The molecular formula is C13H20N2O3S. The van der Waals surface area contributed by atoms with E-state index in [1.807, 2.05) is 38.1 Å². The number of hydrogen-bond donors (Lipinski definition) is 1. The highest BCUT2D eigenvalue weighted by atomic mass is 32.2. The average molecular weight is 284 g/mol. The van der Waals surface area contributed by atoms with E-state index in [1.165, 1.54) is 0 Å². The molecule has 0 aromatic heterocycles. The normalized spacial score (nSPS) is 13.1. The topological polar surface area (TPSA) is 80.5 Å². The van der Waals surface area contributed by atoms with Crippen molar-refractivity contribution in [2.75, 3.05) is 6.26 Å². The molecule has 106 valence electrons. The van der Waals surface area contributed by atoms with Crippen LogP contribution in [0.1, 0.15) is 36.8 Å². The van der Waals surface area contributed by atoms with Crippen molar-refractivity contribution < 1.29 is 13.2 Å². The molecule has 0 aliphatic carbocycles. The van der Waals surface area contributed by atoms with Gasteiger partial charge in [0.1, 0.15) is 0 Å². The molecule has 2 N–H and O–H groups in total. The Morgan fingerprint density at radius 2 is 1.84 bits per heavy atom. The summed E-state index contributed by atoms with van der Waals surface area (Å²) in [5, 5.41) is 0. The van der Waals surface area contributed by atoms with Gasteiger partial charge in [0, 0.05) is 0 Å². The van der Waals surface area contributed by atoms with Gasteiger partial charge >= 0.3 is 0 Å². The predicted octanol–water partition coefficient (Wildman–Crippen LogP) is 1.54. The van der Waals surface area contributed by atoms with Crippen molar-refractivity contribution in [3.8, 4) is 0 Å². The summed E-state index contributed by atoms with van der Waals surface area (Å²) < 4.78 is 23.0. The lowest BCUT2D eigenvalue weighted by atomic mass is 9.93. The molecule has 0 spiro atoms. The van der Waals surface area contributed by atoms with Crippen molar-refractivity contribution in [2.45, 2.75) is 32.6 Å². The fourth-order valence-corrected chi connectivity index (χ4v) is 2.29. The second kappa shape index (κ2) is 6.16. The number of nitrogens with zero attached hydrogens (tertiary/aromatic N) is 1. The van der Waals surface area contributed by atoms with Gasteiger partial charge in [-0.05, 0) is 18.9 Å². The molecule has 1 rings (SSSR count). The van der Waals surface area contributed by atoms with Crippen LogP contribution in [0.25, 0.3) is 0 Å². The van der Waals surface area contributed by atoms with Gasteiger partial charge in [0.05, 0.1) is 12.2 Å². The fourth-order valence-electron chi connectivity index (χ4n) is 1.84. The van der Waals surface area contributed by atoms with E-state index >= 15 is 0 Å². The molecule has 0 fully saturated rings. The van der Waals surface area contributed by atoms with E-state index in [2.05, 4.69) is 0 Å². The number of benzene rings is 1. The Bertz CT molecular complexity index is 538. The molecule has 6 heteroatoms. The number of carbonyl (C=O) groups excluding carboxylic acids is 1. The summed E-state index contributed by atoms with van der Waals surface area (Å²) in [6, 6.07) is 7.46. The zero-order valence-corrected chi connectivity index (χ0v) is 12.3. The van der Waals surface area contributed by atoms with E-state index in [9.17, 15) is 13.2 Å². The molecule has 0 saturated heterocycles. The van der Waals surface area contributed by atoms with Crippen molar-refractivity contribution in [1.29, 1.82) is 0 Å². The van der Waals surface area contributed by atoms with Crippen molar-refractivity contribution >= 4 is 15.9 Å². The second-order valence-electron chi connectivity index (χ2n) is 4.65. The summed E-state index contributed by atoms with van der Waals surface area (Å²) in [4.78, 5) is 12.2. The minimum atomic E-state index is -3.72. The molecule has 0 aliphatic heterocycles. The molecule has 0 saturated carbocycles. The summed E-state index contributed by atoms with van der Waals surface area (Å²) in [7, 11) is -3.72. The van der Waals surface area contributed by atoms with Crippen LogP contribution in [0.4, 0.5) is 0 Å². The van der Waals surface area contributed by atoms with Crippen LogP contribution in [0.2, 0.25) is 0 Å². The van der Waals surface area contributed by atoms with Gasteiger partial charge in [-0.25, -0.2) is 14.3 Å². The molecule has 0 radical (unpaired) electrons. The maximum absolute atomic E-state index is 12.2. The van der Waals surface area contributed by atoms with Crippen LogP contribution < -0.4 is 5.84 Å². The van der Waals surface area contributed by atoms with Gasteiger partial charge in [0.2, 0.25) is 10.0 Å². The highest BCUT2D eigenvalue weighted by molar-refractivity contribution is 7.88. The zero-order chi connectivity index (χ0) is 14.6. The van der Waals surface area contributed by atoms with E-state index in [0.29, 0.717) is 10.8 Å². The van der Waals surface area contributed by atoms with Crippen LogP contribution in [-0.4, -0.2) is 25.0 Å². The standard InChI is InChI=1S/C13H20N2O3S/c1-4-5-12(11-8-6-10(2)7-9-11)13(16)15(14)19(3,17)18/h6-9,12H,4-5,14H2,1-3H3. The van der Waals surface area contributed by atoms with Crippen LogP contribution in [0.15, 0.2) is 24.3 Å². The zero-order valence-electron chi connectivity index (χ0n) is 11.5. The van der Waals surface area contributed by atoms with Gasteiger partial charge in [0.25, 0.3) is 5.91 Å². The third-order valence-electron chi connectivity index (χ3n) is 2.93. The minimum Gasteiger partial charge on any atom is -0.272 e. The first kappa shape index (κ1) is 15.7. The summed E-state index contributed by atoms with van der Waals surface area (Å²) in [5.41, 5.74) is 1.87. The molecule has 0 bridgehead atoms. The van der Waals surface area contributed by atoms with E-state index in [-0.39, 0.29) is 0 Å². The highest BCUT2D eigenvalue weighted by Gasteiger charge is 2.28. The van der Waals surface area contributed by atoms with E-state index in [1.54, 1.807) is 0 Å². The number of rotatable bonds is 5. The van der Waals surface area contributed by atoms with Crippen LogP contribution in [0, 0.1) is 6.92 Å². The Labute approximate surface area is 114 Å². The van der Waals surface area contributed by atoms with Gasteiger partial charge in [-0.15, -0.1) is 0 Å². The number of carbonyl (C=O) groups is 1. The summed E-state index contributed by atoms with van der Waals surface area (Å²) in [6.07, 6.45) is 2.25. The Morgan fingerprint density at radius 3 is 2.26 bits per heavy atom. The maximum atomic E-state index is 12.2. The minimum absolute atomic E-state index is 0.340. The summed E-state index contributed by atoms with van der Waals surface area (Å²) >= 11 is 0. The molecular weight excluding hydrogens is 264 g/mol. The van der Waals surface area contributed by atoms with Gasteiger partial charge in [-0.2, -0.15) is 4.41 Å². The van der Waals surface area contributed by atoms with Crippen molar-refractivity contribution in [1.82, 2.24) is 4.41 Å². The molecule has 0 heterocycles. The number of aryl methyl sites for hydroxylation is 1. The Morgan fingerprint density at radius 1 is 1.32 bits per heavy atom. The molecule has 1 aromatic carbocycles. The van der Waals surface area contributed by atoms with Gasteiger partial charge < -0.3 is 0 Å². The van der Waals surface area contributed by atoms with Crippen molar-refractivity contribution in [3.63, 3.8) is 0 Å². The van der Waals surface area contributed by atoms with Crippen LogP contribution in [0.5, 0.6) is 0 Å². The van der Waals surface area contributed by atoms with Crippen LogP contribution in [0.3, 0.4) is 0 Å². The third kappa shape index (κ3) is 4.04. The SMILES string of the molecule is CCCC(C(=O)N(N)S(C)(=O)=O)c1ccc(C)cc1. The lowest BCUT2D eigenvalue weighted by Gasteiger charge is -2.21.